The minimum absolute atomic E-state index is 0.720. The summed E-state index contributed by atoms with van der Waals surface area (Å²) in [5, 5.41) is 3.54. The van der Waals surface area contributed by atoms with Gasteiger partial charge < -0.3 is 10.1 Å². The lowest BCUT2D eigenvalue weighted by molar-refractivity contribution is 0.411. The summed E-state index contributed by atoms with van der Waals surface area (Å²) in [5.41, 5.74) is 2.55. The number of ether oxygens (including phenoxy) is 1. The number of thioether (sulfide) groups is 1. The van der Waals surface area contributed by atoms with Gasteiger partial charge in [-0.25, -0.2) is 0 Å². The van der Waals surface area contributed by atoms with Gasteiger partial charge in [0.05, 0.1) is 7.11 Å². The van der Waals surface area contributed by atoms with Crippen LogP contribution in [-0.4, -0.2) is 24.7 Å². The van der Waals surface area contributed by atoms with Crippen molar-refractivity contribution in [3.05, 3.63) is 29.3 Å². The molecule has 0 amide bonds. The van der Waals surface area contributed by atoms with Crippen LogP contribution in [0.1, 0.15) is 11.1 Å². The molecule has 0 spiro atoms. The topological polar surface area (TPSA) is 21.3 Å². The molecule has 0 radical (unpaired) electrons. The van der Waals surface area contributed by atoms with Crippen molar-refractivity contribution in [1.82, 2.24) is 5.32 Å². The Bertz CT molecular complexity index is 336. The first kappa shape index (κ1) is 10.8. The van der Waals surface area contributed by atoms with E-state index in [0.29, 0.717) is 0 Å². The zero-order chi connectivity index (χ0) is 10.7. The van der Waals surface area contributed by atoms with Gasteiger partial charge in [0.2, 0.25) is 0 Å². The Labute approximate surface area is 95.4 Å². The fourth-order valence-corrected chi connectivity index (χ4v) is 2.37. The summed E-state index contributed by atoms with van der Waals surface area (Å²) in [6.45, 7) is 3.05. The first-order valence-corrected chi connectivity index (χ1v) is 6.39. The fourth-order valence-electron chi connectivity index (χ4n) is 1.67. The van der Waals surface area contributed by atoms with Gasteiger partial charge in [0.25, 0.3) is 0 Å². The lowest BCUT2D eigenvalue weighted by Gasteiger charge is -2.26. The standard InChI is InChI=1S/C12H17NOS/c1-9-5-10(3-4-12(9)14-2)6-13-11-7-15-8-11/h3-5,11,13H,6-8H2,1-2H3. The van der Waals surface area contributed by atoms with Crippen LogP contribution in [0.2, 0.25) is 0 Å². The third-order valence-corrected chi connectivity index (χ3v) is 3.97. The predicted octanol–water partition coefficient (Wildman–Crippen LogP) is 2.21. The Hall–Kier alpha value is -0.670. The average Bonchev–Trinajstić information content (AvgIpc) is 2.16. The Morgan fingerprint density at radius 1 is 1.47 bits per heavy atom. The van der Waals surface area contributed by atoms with Gasteiger partial charge in [-0.2, -0.15) is 11.8 Å². The van der Waals surface area contributed by atoms with Gasteiger partial charge in [-0.3, -0.25) is 0 Å². The summed E-state index contributed by atoms with van der Waals surface area (Å²) >= 11 is 2.01. The van der Waals surface area contributed by atoms with Crippen molar-refractivity contribution >= 4 is 11.8 Å². The maximum atomic E-state index is 5.23. The van der Waals surface area contributed by atoms with Crippen LogP contribution in [0.4, 0.5) is 0 Å². The van der Waals surface area contributed by atoms with E-state index >= 15 is 0 Å². The summed E-state index contributed by atoms with van der Waals surface area (Å²) in [5.74, 6) is 3.49. The molecule has 1 N–H and O–H groups in total. The van der Waals surface area contributed by atoms with Gasteiger partial charge in [-0.15, -0.1) is 0 Å². The van der Waals surface area contributed by atoms with Gasteiger partial charge in [-0.05, 0) is 24.1 Å². The third-order valence-electron chi connectivity index (χ3n) is 2.69. The van der Waals surface area contributed by atoms with Crippen LogP contribution in [0.3, 0.4) is 0 Å². The summed E-state index contributed by atoms with van der Waals surface area (Å²) in [6.07, 6.45) is 0. The molecule has 0 saturated carbocycles. The normalized spacial score (nSPS) is 16.1. The van der Waals surface area contributed by atoms with E-state index < -0.39 is 0 Å². The molecule has 2 rings (SSSR count). The summed E-state index contributed by atoms with van der Waals surface area (Å²) in [6, 6.07) is 7.09. The highest BCUT2D eigenvalue weighted by Gasteiger charge is 2.16. The van der Waals surface area contributed by atoms with Gasteiger partial charge in [-0.1, -0.05) is 12.1 Å². The molecule has 1 aliphatic rings. The van der Waals surface area contributed by atoms with Gasteiger partial charge in [0.15, 0.2) is 0 Å². The number of methoxy groups -OCH3 is 1. The maximum absolute atomic E-state index is 5.23. The van der Waals surface area contributed by atoms with E-state index in [-0.39, 0.29) is 0 Å². The monoisotopic (exact) mass is 223 g/mol. The number of hydrogen-bond acceptors (Lipinski definition) is 3. The van der Waals surface area contributed by atoms with Crippen LogP contribution in [0, 0.1) is 6.92 Å². The van der Waals surface area contributed by atoms with E-state index in [1.54, 1.807) is 7.11 Å². The van der Waals surface area contributed by atoms with E-state index in [0.717, 1.165) is 18.3 Å². The van der Waals surface area contributed by atoms with Gasteiger partial charge in [0, 0.05) is 24.1 Å². The molecule has 0 unspecified atom stereocenters. The molecule has 0 aromatic heterocycles. The molecule has 1 aliphatic heterocycles. The average molecular weight is 223 g/mol. The molecule has 1 heterocycles. The van der Waals surface area contributed by atoms with E-state index in [1.807, 2.05) is 17.8 Å². The maximum Gasteiger partial charge on any atom is 0.121 e. The SMILES string of the molecule is COc1ccc(CNC2CSC2)cc1C. The van der Waals surface area contributed by atoms with Crippen molar-refractivity contribution in [2.45, 2.75) is 19.5 Å². The van der Waals surface area contributed by atoms with Crippen molar-refractivity contribution in [2.24, 2.45) is 0 Å². The van der Waals surface area contributed by atoms with Crippen LogP contribution in [0.15, 0.2) is 18.2 Å². The highest BCUT2D eigenvalue weighted by atomic mass is 32.2. The van der Waals surface area contributed by atoms with E-state index in [9.17, 15) is 0 Å². The van der Waals surface area contributed by atoms with Gasteiger partial charge in [0.1, 0.15) is 5.75 Å². The molecule has 1 fully saturated rings. The Balaban J connectivity index is 1.93. The van der Waals surface area contributed by atoms with Crippen LogP contribution < -0.4 is 10.1 Å². The number of hydrogen-bond donors (Lipinski definition) is 1. The molecule has 1 aromatic carbocycles. The second-order valence-corrected chi connectivity index (χ2v) is 4.99. The molecule has 0 atom stereocenters. The van der Waals surface area contributed by atoms with E-state index in [4.69, 9.17) is 4.74 Å². The quantitative estimate of drug-likeness (QED) is 0.845. The molecule has 0 aliphatic carbocycles. The Morgan fingerprint density at radius 2 is 2.27 bits per heavy atom. The lowest BCUT2D eigenvalue weighted by Crippen LogP contribution is -2.39. The second-order valence-electron chi connectivity index (χ2n) is 3.92. The van der Waals surface area contributed by atoms with Crippen molar-refractivity contribution in [1.29, 1.82) is 0 Å². The molecular formula is C12H17NOS. The number of rotatable bonds is 4. The van der Waals surface area contributed by atoms with E-state index in [2.05, 4.69) is 24.4 Å². The molecule has 2 nitrogen and oxygen atoms in total. The smallest absolute Gasteiger partial charge is 0.121 e. The molecule has 1 saturated heterocycles. The van der Waals surface area contributed by atoms with Crippen LogP contribution in [0.5, 0.6) is 5.75 Å². The van der Waals surface area contributed by atoms with Crippen molar-refractivity contribution < 1.29 is 4.74 Å². The van der Waals surface area contributed by atoms with Crippen LogP contribution in [0.25, 0.3) is 0 Å². The first-order valence-electron chi connectivity index (χ1n) is 5.24. The van der Waals surface area contributed by atoms with Crippen LogP contribution in [-0.2, 0) is 6.54 Å². The summed E-state index contributed by atoms with van der Waals surface area (Å²) in [4.78, 5) is 0. The number of aryl methyl sites for hydroxylation is 1. The van der Waals surface area contributed by atoms with Crippen molar-refractivity contribution in [3.63, 3.8) is 0 Å². The van der Waals surface area contributed by atoms with E-state index in [1.165, 1.54) is 22.6 Å². The molecular weight excluding hydrogens is 206 g/mol. The highest BCUT2D eigenvalue weighted by Crippen LogP contribution is 2.20. The third kappa shape index (κ3) is 2.67. The minimum Gasteiger partial charge on any atom is -0.496 e. The van der Waals surface area contributed by atoms with Gasteiger partial charge >= 0.3 is 0 Å². The number of benzene rings is 1. The van der Waals surface area contributed by atoms with Crippen molar-refractivity contribution in [2.75, 3.05) is 18.6 Å². The summed E-state index contributed by atoms with van der Waals surface area (Å²) in [7, 11) is 1.71. The molecule has 15 heavy (non-hydrogen) atoms. The highest BCUT2D eigenvalue weighted by molar-refractivity contribution is 8.00. The Kier molecular flexibility index (Phi) is 3.54. The molecule has 1 aromatic rings. The largest absolute Gasteiger partial charge is 0.496 e. The summed E-state index contributed by atoms with van der Waals surface area (Å²) < 4.78 is 5.23. The molecule has 3 heteroatoms. The zero-order valence-corrected chi connectivity index (χ0v) is 10.1. The fraction of sp³-hybridized carbons (Fsp3) is 0.500. The predicted molar refractivity (Wildman–Crippen MR) is 65.7 cm³/mol. The molecule has 82 valence electrons. The van der Waals surface area contributed by atoms with Crippen molar-refractivity contribution in [3.8, 4) is 5.75 Å². The van der Waals surface area contributed by atoms with Crippen LogP contribution >= 0.6 is 11.8 Å². The second kappa shape index (κ2) is 4.90. The zero-order valence-electron chi connectivity index (χ0n) is 9.25. The minimum atomic E-state index is 0.720. The number of nitrogens with one attached hydrogen (secondary N) is 1. The molecule has 0 bridgehead atoms. The Morgan fingerprint density at radius 3 is 2.80 bits per heavy atom. The first-order chi connectivity index (χ1) is 7.29. The lowest BCUT2D eigenvalue weighted by atomic mass is 10.1.